The van der Waals surface area contributed by atoms with Crippen molar-refractivity contribution in [3.8, 4) is 0 Å². The third-order valence-corrected chi connectivity index (χ3v) is 4.58. The van der Waals surface area contributed by atoms with Crippen molar-refractivity contribution in [3.63, 3.8) is 0 Å². The predicted molar refractivity (Wildman–Crippen MR) is 96.9 cm³/mol. The molecule has 24 heavy (non-hydrogen) atoms. The van der Waals surface area contributed by atoms with E-state index in [4.69, 9.17) is 11.6 Å². The van der Waals surface area contributed by atoms with Crippen molar-refractivity contribution < 1.29 is 9.59 Å². The van der Waals surface area contributed by atoms with E-state index >= 15 is 0 Å². The Kier molecular flexibility index (Phi) is 7.10. The Morgan fingerprint density at radius 1 is 1.21 bits per heavy atom. The minimum atomic E-state index is -0.145. The van der Waals surface area contributed by atoms with Crippen molar-refractivity contribution in [2.24, 2.45) is 11.8 Å². The van der Waals surface area contributed by atoms with Gasteiger partial charge in [0.15, 0.2) is 0 Å². The molecule has 0 aromatic heterocycles. The molecule has 0 saturated heterocycles. The van der Waals surface area contributed by atoms with E-state index in [9.17, 15) is 9.59 Å². The number of hydrogen-bond donors (Lipinski definition) is 1. The zero-order valence-electron chi connectivity index (χ0n) is 14.6. The highest BCUT2D eigenvalue weighted by atomic mass is 35.5. The molecule has 1 aliphatic carbocycles. The van der Waals surface area contributed by atoms with Crippen molar-refractivity contribution >= 4 is 23.4 Å². The van der Waals surface area contributed by atoms with Crippen LogP contribution in [-0.2, 0) is 16.0 Å². The van der Waals surface area contributed by atoms with Gasteiger partial charge in [-0.25, -0.2) is 0 Å². The van der Waals surface area contributed by atoms with Gasteiger partial charge in [-0.2, -0.15) is 0 Å². The van der Waals surface area contributed by atoms with Gasteiger partial charge in [-0.1, -0.05) is 37.6 Å². The number of nitrogens with one attached hydrogen (secondary N) is 1. The van der Waals surface area contributed by atoms with Crippen molar-refractivity contribution in [1.82, 2.24) is 10.2 Å². The van der Waals surface area contributed by atoms with E-state index in [2.05, 4.69) is 19.2 Å². The van der Waals surface area contributed by atoms with Crippen LogP contribution in [-0.4, -0.2) is 36.3 Å². The van der Waals surface area contributed by atoms with Crippen LogP contribution in [0.3, 0.4) is 0 Å². The van der Waals surface area contributed by atoms with Crippen molar-refractivity contribution in [2.75, 3.05) is 19.6 Å². The van der Waals surface area contributed by atoms with Gasteiger partial charge in [-0.3, -0.25) is 9.59 Å². The Morgan fingerprint density at radius 3 is 2.54 bits per heavy atom. The first-order valence-corrected chi connectivity index (χ1v) is 9.25. The summed E-state index contributed by atoms with van der Waals surface area (Å²) in [6.07, 6.45) is 3.34. The lowest BCUT2D eigenvalue weighted by Crippen LogP contribution is -2.35. The van der Waals surface area contributed by atoms with Gasteiger partial charge in [-0.05, 0) is 43.4 Å². The fourth-order valence-electron chi connectivity index (χ4n) is 3.02. The molecule has 5 heteroatoms. The third-order valence-electron chi connectivity index (χ3n) is 4.35. The molecular formula is C19H27ClN2O2. The van der Waals surface area contributed by atoms with Crippen molar-refractivity contribution in [3.05, 3.63) is 34.9 Å². The second-order valence-corrected chi connectivity index (χ2v) is 6.88. The highest BCUT2D eigenvalue weighted by molar-refractivity contribution is 6.30. The summed E-state index contributed by atoms with van der Waals surface area (Å²) in [6.45, 7) is 6.29. The molecule has 1 fully saturated rings. The molecule has 2 unspecified atom stereocenters. The maximum Gasteiger partial charge on any atom is 0.226 e. The average Bonchev–Trinajstić information content (AvgIpc) is 3.35. The molecule has 2 amide bonds. The normalized spacial score (nSPS) is 19.0. The van der Waals surface area contributed by atoms with Crippen LogP contribution in [0.4, 0.5) is 0 Å². The van der Waals surface area contributed by atoms with Gasteiger partial charge in [0, 0.05) is 24.7 Å². The van der Waals surface area contributed by atoms with Crippen LogP contribution in [0, 0.1) is 11.8 Å². The Hall–Kier alpha value is -1.55. The van der Waals surface area contributed by atoms with Gasteiger partial charge in [0.05, 0.1) is 11.8 Å². The van der Waals surface area contributed by atoms with E-state index in [1.54, 1.807) is 0 Å². The Bertz CT molecular complexity index is 570. The molecule has 0 radical (unpaired) electrons. The summed E-state index contributed by atoms with van der Waals surface area (Å²) in [5, 5.41) is 3.65. The molecule has 1 saturated carbocycles. The largest absolute Gasteiger partial charge is 0.356 e. The lowest BCUT2D eigenvalue weighted by Gasteiger charge is -2.21. The fraction of sp³-hybridized carbons (Fsp3) is 0.579. The fourth-order valence-corrected chi connectivity index (χ4v) is 3.23. The molecular weight excluding hydrogens is 324 g/mol. The second-order valence-electron chi connectivity index (χ2n) is 6.44. The smallest absolute Gasteiger partial charge is 0.226 e. The van der Waals surface area contributed by atoms with E-state index in [1.165, 1.54) is 0 Å². The number of carbonyl (C=O) groups excluding carboxylic acids is 2. The predicted octanol–water partition coefficient (Wildman–Crippen LogP) is 3.28. The van der Waals surface area contributed by atoms with Crippen LogP contribution < -0.4 is 5.32 Å². The standard InChI is InChI=1S/C19H27ClN2O2/c1-3-10-22(11-4-2)19(24)17-13-16(17)18(23)21-9-8-14-6-5-7-15(20)12-14/h5-7,12,16-17H,3-4,8-11,13H2,1-2H3,(H,21,23). The topological polar surface area (TPSA) is 49.4 Å². The van der Waals surface area contributed by atoms with Gasteiger partial charge in [0.2, 0.25) is 11.8 Å². The Balaban J connectivity index is 1.75. The first kappa shape index (κ1) is 18.8. The lowest BCUT2D eigenvalue weighted by atomic mass is 10.1. The summed E-state index contributed by atoms with van der Waals surface area (Å²) in [5.41, 5.74) is 1.10. The summed E-state index contributed by atoms with van der Waals surface area (Å²) in [4.78, 5) is 26.6. The van der Waals surface area contributed by atoms with E-state index in [1.807, 2.05) is 29.2 Å². The van der Waals surface area contributed by atoms with Crippen molar-refractivity contribution in [1.29, 1.82) is 0 Å². The van der Waals surface area contributed by atoms with Crippen molar-refractivity contribution in [2.45, 2.75) is 39.5 Å². The molecule has 132 valence electrons. The average molecular weight is 351 g/mol. The maximum atomic E-state index is 12.5. The summed E-state index contributed by atoms with van der Waals surface area (Å²) < 4.78 is 0. The zero-order valence-corrected chi connectivity index (χ0v) is 15.3. The third kappa shape index (κ3) is 5.23. The molecule has 0 aliphatic heterocycles. The summed E-state index contributed by atoms with van der Waals surface area (Å²) in [5.74, 6) is -0.112. The van der Waals surface area contributed by atoms with Crippen LogP contribution >= 0.6 is 11.6 Å². The number of halogens is 1. The number of amides is 2. The van der Waals surface area contributed by atoms with E-state index in [0.717, 1.165) is 37.9 Å². The molecule has 0 spiro atoms. The molecule has 4 nitrogen and oxygen atoms in total. The minimum Gasteiger partial charge on any atom is -0.356 e. The number of carbonyl (C=O) groups is 2. The summed E-state index contributed by atoms with van der Waals surface area (Å²) >= 11 is 5.95. The molecule has 2 atom stereocenters. The molecule has 0 heterocycles. The van der Waals surface area contributed by atoms with Gasteiger partial charge in [0.25, 0.3) is 0 Å². The molecule has 0 bridgehead atoms. The van der Waals surface area contributed by atoms with E-state index in [0.29, 0.717) is 18.0 Å². The Morgan fingerprint density at radius 2 is 1.92 bits per heavy atom. The van der Waals surface area contributed by atoms with Gasteiger partial charge < -0.3 is 10.2 Å². The maximum absolute atomic E-state index is 12.5. The number of nitrogens with zero attached hydrogens (tertiary/aromatic N) is 1. The zero-order chi connectivity index (χ0) is 17.5. The van der Waals surface area contributed by atoms with Crippen LogP contribution in [0.15, 0.2) is 24.3 Å². The quantitative estimate of drug-likeness (QED) is 0.743. The monoisotopic (exact) mass is 350 g/mol. The first-order valence-electron chi connectivity index (χ1n) is 8.87. The van der Waals surface area contributed by atoms with Gasteiger partial charge >= 0.3 is 0 Å². The lowest BCUT2D eigenvalue weighted by molar-refractivity contribution is -0.134. The first-order chi connectivity index (χ1) is 11.6. The molecule has 1 aromatic rings. The molecule has 1 aliphatic rings. The Labute approximate surface area is 149 Å². The van der Waals surface area contributed by atoms with E-state index in [-0.39, 0.29) is 23.7 Å². The highest BCUT2D eigenvalue weighted by Crippen LogP contribution is 2.40. The van der Waals surface area contributed by atoms with Crippen LogP contribution in [0.2, 0.25) is 5.02 Å². The number of hydrogen-bond acceptors (Lipinski definition) is 2. The van der Waals surface area contributed by atoms with E-state index < -0.39 is 0 Å². The number of benzene rings is 1. The van der Waals surface area contributed by atoms with Gasteiger partial charge in [0.1, 0.15) is 0 Å². The minimum absolute atomic E-state index is 0.00308. The molecule has 2 rings (SSSR count). The SMILES string of the molecule is CCCN(CCC)C(=O)C1CC1C(=O)NCCc1cccc(Cl)c1. The summed E-state index contributed by atoms with van der Waals surface area (Å²) in [7, 11) is 0. The van der Waals surface area contributed by atoms with Crippen LogP contribution in [0.5, 0.6) is 0 Å². The van der Waals surface area contributed by atoms with Gasteiger partial charge in [-0.15, -0.1) is 0 Å². The van der Waals surface area contributed by atoms with Crippen LogP contribution in [0.25, 0.3) is 0 Å². The molecule has 1 N–H and O–H groups in total. The number of rotatable bonds is 9. The summed E-state index contributed by atoms with van der Waals surface area (Å²) in [6, 6.07) is 7.65. The highest BCUT2D eigenvalue weighted by Gasteiger charge is 2.49. The second kappa shape index (κ2) is 9.07. The molecule has 1 aromatic carbocycles. The van der Waals surface area contributed by atoms with Crippen LogP contribution in [0.1, 0.15) is 38.7 Å².